The predicted octanol–water partition coefficient (Wildman–Crippen LogP) is 6.17. The van der Waals surface area contributed by atoms with Crippen molar-refractivity contribution in [1.29, 1.82) is 0 Å². The summed E-state index contributed by atoms with van der Waals surface area (Å²) in [6.07, 6.45) is 6.04. The largest absolute Gasteiger partial charge is 0.265 e. The van der Waals surface area contributed by atoms with Gasteiger partial charge in [0.25, 0.3) is 6.43 Å². The Morgan fingerprint density at radius 2 is 1.23 bits per heavy atom. The molecule has 0 spiro atoms. The third kappa shape index (κ3) is 3.09. The van der Waals surface area contributed by atoms with Gasteiger partial charge in [0.15, 0.2) is 0 Å². The van der Waals surface area contributed by atoms with Crippen LogP contribution in [0.5, 0.6) is 0 Å². The lowest BCUT2D eigenvalue weighted by Gasteiger charge is -2.33. The highest BCUT2D eigenvalue weighted by Crippen LogP contribution is 2.52. The molecule has 2 heterocycles. The first-order valence-electron chi connectivity index (χ1n) is 9.98. The Bertz CT molecular complexity index is 1130. The molecule has 1 aliphatic carbocycles. The number of halogens is 2. The van der Waals surface area contributed by atoms with Gasteiger partial charge in [-0.2, -0.15) is 0 Å². The normalized spacial score (nSPS) is 13.8. The van der Waals surface area contributed by atoms with E-state index in [0.717, 1.165) is 27.8 Å². The molecule has 0 aliphatic heterocycles. The Morgan fingerprint density at radius 1 is 0.667 bits per heavy atom. The number of rotatable bonds is 5. The van der Waals surface area contributed by atoms with Gasteiger partial charge in [0.2, 0.25) is 0 Å². The van der Waals surface area contributed by atoms with Crippen LogP contribution in [0, 0.1) is 0 Å². The molecule has 30 heavy (non-hydrogen) atoms. The fourth-order valence-electron chi connectivity index (χ4n) is 4.75. The second kappa shape index (κ2) is 7.45. The summed E-state index contributed by atoms with van der Waals surface area (Å²) in [6, 6.07) is 21.4. The van der Waals surface area contributed by atoms with E-state index in [9.17, 15) is 8.78 Å². The van der Waals surface area contributed by atoms with Crippen molar-refractivity contribution in [1.82, 2.24) is 9.97 Å². The molecule has 0 bridgehead atoms. The van der Waals surface area contributed by atoms with E-state index >= 15 is 0 Å². The van der Waals surface area contributed by atoms with Gasteiger partial charge >= 0.3 is 0 Å². The Kier molecular flexibility index (Phi) is 4.62. The molecule has 0 atom stereocenters. The van der Waals surface area contributed by atoms with Crippen LogP contribution in [-0.4, -0.2) is 9.97 Å². The summed E-state index contributed by atoms with van der Waals surface area (Å²) < 4.78 is 27.3. The zero-order valence-electron chi connectivity index (χ0n) is 16.3. The number of alkyl halides is 2. The molecule has 0 unspecified atom stereocenters. The lowest BCUT2D eigenvalue weighted by molar-refractivity contribution is 0.151. The number of hydrogen-bond donors (Lipinski definition) is 0. The van der Waals surface area contributed by atoms with Crippen LogP contribution < -0.4 is 0 Å². The van der Waals surface area contributed by atoms with Crippen molar-refractivity contribution >= 4 is 0 Å². The van der Waals surface area contributed by atoms with Crippen LogP contribution in [0.25, 0.3) is 11.1 Å². The van der Waals surface area contributed by atoms with E-state index in [4.69, 9.17) is 0 Å². The molecule has 4 aromatic rings. The SMILES string of the molecule is FC(F)c1ccc2c(c1)C(Cc1ccncc1)(Cc1ccncc1)c1ccccc1-2. The average Bonchev–Trinajstić information content (AvgIpc) is 3.04. The van der Waals surface area contributed by atoms with Gasteiger partial charge in [0.1, 0.15) is 0 Å². The minimum Gasteiger partial charge on any atom is -0.265 e. The van der Waals surface area contributed by atoms with Crippen LogP contribution >= 0.6 is 0 Å². The van der Waals surface area contributed by atoms with Gasteiger partial charge in [-0.15, -0.1) is 0 Å². The third-order valence-corrected chi connectivity index (χ3v) is 6.05. The maximum Gasteiger partial charge on any atom is 0.263 e. The molecule has 0 fully saturated rings. The second-order valence-electron chi connectivity index (χ2n) is 7.80. The van der Waals surface area contributed by atoms with Crippen molar-refractivity contribution in [2.75, 3.05) is 0 Å². The quantitative estimate of drug-likeness (QED) is 0.402. The molecule has 1 aliphatic rings. The second-order valence-corrected chi connectivity index (χ2v) is 7.80. The average molecular weight is 398 g/mol. The molecule has 0 saturated carbocycles. The van der Waals surface area contributed by atoms with E-state index < -0.39 is 11.8 Å². The topological polar surface area (TPSA) is 25.8 Å². The molecule has 2 nitrogen and oxygen atoms in total. The number of fused-ring (bicyclic) bond motifs is 3. The van der Waals surface area contributed by atoms with Gasteiger partial charge in [0, 0.05) is 35.8 Å². The van der Waals surface area contributed by atoms with Gasteiger partial charge < -0.3 is 0 Å². The van der Waals surface area contributed by atoms with Gasteiger partial charge in [0.05, 0.1) is 0 Å². The third-order valence-electron chi connectivity index (χ3n) is 6.05. The summed E-state index contributed by atoms with van der Waals surface area (Å²) in [5, 5.41) is 0. The zero-order chi connectivity index (χ0) is 20.6. The Hall–Kier alpha value is -3.40. The number of hydrogen-bond acceptors (Lipinski definition) is 2. The molecule has 0 amide bonds. The van der Waals surface area contributed by atoms with Gasteiger partial charge in [-0.3, -0.25) is 9.97 Å². The Labute approximate surface area is 174 Å². The molecular formula is C26H20F2N2. The lowest BCUT2D eigenvalue weighted by Crippen LogP contribution is -2.31. The molecule has 148 valence electrons. The fraction of sp³-hybridized carbons (Fsp3) is 0.154. The summed E-state index contributed by atoms with van der Waals surface area (Å²) >= 11 is 0. The molecule has 5 rings (SSSR count). The number of nitrogens with zero attached hydrogens (tertiary/aromatic N) is 2. The first kappa shape index (κ1) is 18.6. The van der Waals surface area contributed by atoms with Crippen LogP contribution in [0.15, 0.2) is 91.5 Å². The van der Waals surface area contributed by atoms with Crippen molar-refractivity contribution in [3.05, 3.63) is 119 Å². The predicted molar refractivity (Wildman–Crippen MR) is 113 cm³/mol. The first-order valence-corrected chi connectivity index (χ1v) is 9.98. The molecular weight excluding hydrogens is 378 g/mol. The Balaban J connectivity index is 1.77. The van der Waals surface area contributed by atoms with E-state index in [1.165, 1.54) is 5.56 Å². The van der Waals surface area contributed by atoms with Gasteiger partial charge in [-0.25, -0.2) is 8.78 Å². The van der Waals surface area contributed by atoms with Crippen LogP contribution in [-0.2, 0) is 18.3 Å². The number of aromatic nitrogens is 2. The fourth-order valence-corrected chi connectivity index (χ4v) is 4.75. The van der Waals surface area contributed by atoms with E-state index in [2.05, 4.69) is 22.1 Å². The summed E-state index contributed by atoms with van der Waals surface area (Å²) in [6.45, 7) is 0. The van der Waals surface area contributed by atoms with E-state index in [-0.39, 0.29) is 5.56 Å². The zero-order valence-corrected chi connectivity index (χ0v) is 16.3. The van der Waals surface area contributed by atoms with Crippen molar-refractivity contribution in [3.8, 4) is 11.1 Å². The van der Waals surface area contributed by atoms with Crippen molar-refractivity contribution in [2.24, 2.45) is 0 Å². The minimum atomic E-state index is -2.50. The highest BCUT2D eigenvalue weighted by atomic mass is 19.3. The van der Waals surface area contributed by atoms with Crippen LogP contribution in [0.3, 0.4) is 0 Å². The summed E-state index contributed by atoms with van der Waals surface area (Å²) in [5.41, 5.74) is 6.19. The Morgan fingerprint density at radius 3 is 1.83 bits per heavy atom. The van der Waals surface area contributed by atoms with Crippen LogP contribution in [0.1, 0.15) is 34.2 Å². The standard InChI is InChI=1S/C26H20F2N2/c27-25(28)20-5-6-22-21-3-1-2-4-23(21)26(24(22)15-20,16-18-7-11-29-12-8-18)17-19-9-13-30-14-10-19/h1-15,25H,16-17H2. The maximum absolute atomic E-state index is 13.7. The highest BCUT2D eigenvalue weighted by Gasteiger charge is 2.43. The van der Waals surface area contributed by atoms with Crippen molar-refractivity contribution in [2.45, 2.75) is 24.7 Å². The molecule has 0 radical (unpaired) electrons. The number of benzene rings is 2. The minimum absolute atomic E-state index is 0.0652. The van der Waals surface area contributed by atoms with Gasteiger partial charge in [-0.05, 0) is 76.6 Å². The van der Waals surface area contributed by atoms with Crippen molar-refractivity contribution < 1.29 is 8.78 Å². The number of pyridine rings is 2. The molecule has 4 heteroatoms. The maximum atomic E-state index is 13.7. The van der Waals surface area contributed by atoms with Crippen molar-refractivity contribution in [3.63, 3.8) is 0 Å². The molecule has 0 N–H and O–H groups in total. The monoisotopic (exact) mass is 398 g/mol. The smallest absolute Gasteiger partial charge is 0.263 e. The summed E-state index contributed by atoms with van der Waals surface area (Å²) in [7, 11) is 0. The molecule has 0 saturated heterocycles. The van der Waals surface area contributed by atoms with Crippen LogP contribution in [0.4, 0.5) is 8.78 Å². The summed E-state index contributed by atoms with van der Waals surface area (Å²) in [4.78, 5) is 8.29. The lowest BCUT2D eigenvalue weighted by atomic mass is 9.69. The van der Waals surface area contributed by atoms with Crippen LogP contribution in [0.2, 0.25) is 0 Å². The van der Waals surface area contributed by atoms with Gasteiger partial charge in [-0.1, -0.05) is 36.4 Å². The highest BCUT2D eigenvalue weighted by molar-refractivity contribution is 5.82. The summed E-state index contributed by atoms with van der Waals surface area (Å²) in [5.74, 6) is 0. The first-order chi connectivity index (χ1) is 14.7. The van der Waals surface area contributed by atoms with E-state index in [1.54, 1.807) is 36.9 Å². The molecule has 2 aromatic carbocycles. The van der Waals surface area contributed by atoms with E-state index in [1.807, 2.05) is 42.5 Å². The molecule has 2 aromatic heterocycles. The van der Waals surface area contributed by atoms with E-state index in [0.29, 0.717) is 12.8 Å².